The van der Waals surface area contributed by atoms with Crippen LogP contribution in [-0.2, 0) is 4.74 Å². The van der Waals surface area contributed by atoms with E-state index in [1.54, 1.807) is 12.1 Å². The van der Waals surface area contributed by atoms with E-state index in [0.29, 0.717) is 35.4 Å². The predicted molar refractivity (Wildman–Crippen MR) is 105 cm³/mol. The normalized spacial score (nSPS) is 16.4. The number of carboxylic acid groups (broad SMARTS) is 1. The van der Waals surface area contributed by atoms with Gasteiger partial charge in [0, 0.05) is 18.7 Å². The number of carboxylic acids is 1. The lowest BCUT2D eigenvalue weighted by molar-refractivity contribution is 0.0696. The Bertz CT molecular complexity index is 740. The van der Waals surface area contributed by atoms with Crippen molar-refractivity contribution in [3.05, 3.63) is 69.7 Å². The van der Waals surface area contributed by atoms with Gasteiger partial charge in [-0.1, -0.05) is 35.3 Å². The Hall–Kier alpha value is -2.12. The van der Waals surface area contributed by atoms with E-state index in [4.69, 9.17) is 33.0 Å². The van der Waals surface area contributed by atoms with Gasteiger partial charge in [-0.3, -0.25) is 4.79 Å². The molecule has 2 aromatic rings. The van der Waals surface area contributed by atoms with E-state index in [2.05, 4.69) is 10.6 Å². The van der Waals surface area contributed by atoms with Crippen LogP contribution in [0.3, 0.4) is 0 Å². The van der Waals surface area contributed by atoms with Crippen molar-refractivity contribution in [1.29, 1.82) is 0 Å². The van der Waals surface area contributed by atoms with Gasteiger partial charge in [-0.25, -0.2) is 4.79 Å². The van der Waals surface area contributed by atoms with Gasteiger partial charge in [0.15, 0.2) is 0 Å². The first kappa shape index (κ1) is 21.2. The van der Waals surface area contributed by atoms with Crippen molar-refractivity contribution in [3.63, 3.8) is 0 Å². The molecule has 8 heteroatoms. The Labute approximate surface area is 167 Å². The van der Waals surface area contributed by atoms with E-state index >= 15 is 0 Å². The third-order valence-electron chi connectivity index (χ3n) is 3.69. The standard InChI is InChI=1S/C13H16N2O4.C6H4Cl2/c16-12(15-11-7-14-5-6-19-8-11)9-1-3-10(4-2-9)13(17)18;7-5-3-1-2-4-6(5)8/h1-4,11,14H,5-8H2,(H,15,16)(H,17,18);1-4H. The predicted octanol–water partition coefficient (Wildman–Crippen LogP) is 3.10. The molecule has 1 saturated heterocycles. The number of amides is 1. The Morgan fingerprint density at radius 3 is 2.19 bits per heavy atom. The number of nitrogens with one attached hydrogen (secondary N) is 2. The highest BCUT2D eigenvalue weighted by atomic mass is 35.5. The van der Waals surface area contributed by atoms with Crippen molar-refractivity contribution in [3.8, 4) is 0 Å². The van der Waals surface area contributed by atoms with E-state index in [0.717, 1.165) is 6.54 Å². The molecule has 1 amide bonds. The zero-order chi connectivity index (χ0) is 19.6. The van der Waals surface area contributed by atoms with Gasteiger partial charge < -0.3 is 20.5 Å². The van der Waals surface area contributed by atoms with Crippen molar-refractivity contribution < 1.29 is 19.4 Å². The summed E-state index contributed by atoms with van der Waals surface area (Å²) in [6.07, 6.45) is 0. The second kappa shape index (κ2) is 10.9. The fraction of sp³-hybridized carbons (Fsp3) is 0.263. The SMILES string of the molecule is Clc1ccccc1Cl.O=C(O)c1ccc(C(=O)NC2CNCCOC2)cc1. The summed E-state index contributed by atoms with van der Waals surface area (Å²) in [7, 11) is 0. The third kappa shape index (κ3) is 7.19. The molecule has 0 saturated carbocycles. The molecule has 1 fully saturated rings. The summed E-state index contributed by atoms with van der Waals surface area (Å²) in [4.78, 5) is 22.7. The van der Waals surface area contributed by atoms with Crippen LogP contribution < -0.4 is 10.6 Å². The van der Waals surface area contributed by atoms with Gasteiger partial charge in [0.25, 0.3) is 5.91 Å². The number of carbonyl (C=O) groups is 2. The molecule has 1 aliphatic rings. The summed E-state index contributed by atoms with van der Waals surface area (Å²) in [5, 5.41) is 16.0. The van der Waals surface area contributed by atoms with Crippen LogP contribution in [0.25, 0.3) is 0 Å². The molecule has 1 atom stereocenters. The molecule has 1 unspecified atom stereocenters. The Balaban J connectivity index is 0.000000273. The number of rotatable bonds is 3. The summed E-state index contributed by atoms with van der Waals surface area (Å²) < 4.78 is 5.34. The lowest BCUT2D eigenvalue weighted by atomic mass is 10.1. The number of carbonyl (C=O) groups excluding carboxylic acids is 1. The minimum absolute atomic E-state index is 0.0749. The first-order valence-corrected chi connectivity index (χ1v) is 9.05. The number of halogens is 2. The van der Waals surface area contributed by atoms with Crippen LogP contribution in [0.15, 0.2) is 48.5 Å². The third-order valence-corrected chi connectivity index (χ3v) is 4.44. The largest absolute Gasteiger partial charge is 0.478 e. The maximum absolute atomic E-state index is 12.0. The molecule has 0 aliphatic carbocycles. The summed E-state index contributed by atoms with van der Waals surface area (Å²) in [6, 6.07) is 13.0. The van der Waals surface area contributed by atoms with Gasteiger partial charge in [0.2, 0.25) is 0 Å². The van der Waals surface area contributed by atoms with Crippen LogP contribution in [0.2, 0.25) is 10.0 Å². The second-order valence-electron chi connectivity index (χ2n) is 5.75. The van der Waals surface area contributed by atoms with Gasteiger partial charge in [-0.2, -0.15) is 0 Å². The molecule has 27 heavy (non-hydrogen) atoms. The Morgan fingerprint density at radius 2 is 1.63 bits per heavy atom. The van der Waals surface area contributed by atoms with E-state index < -0.39 is 5.97 Å². The fourth-order valence-electron chi connectivity index (χ4n) is 2.27. The maximum Gasteiger partial charge on any atom is 0.335 e. The van der Waals surface area contributed by atoms with Crippen LogP contribution in [0.4, 0.5) is 0 Å². The topological polar surface area (TPSA) is 87.7 Å². The molecule has 3 rings (SSSR count). The quantitative estimate of drug-likeness (QED) is 0.723. The van der Waals surface area contributed by atoms with Gasteiger partial charge in [0.05, 0.1) is 34.9 Å². The number of aromatic carboxylic acids is 1. The van der Waals surface area contributed by atoms with Crippen LogP contribution in [0.5, 0.6) is 0 Å². The number of hydrogen-bond acceptors (Lipinski definition) is 4. The van der Waals surface area contributed by atoms with Crippen molar-refractivity contribution in [2.45, 2.75) is 6.04 Å². The maximum atomic E-state index is 12.0. The molecule has 0 radical (unpaired) electrons. The van der Waals surface area contributed by atoms with E-state index in [9.17, 15) is 9.59 Å². The van der Waals surface area contributed by atoms with Crippen LogP contribution >= 0.6 is 23.2 Å². The van der Waals surface area contributed by atoms with Crippen molar-refractivity contribution >= 4 is 35.1 Å². The summed E-state index contributed by atoms with van der Waals surface area (Å²) in [6.45, 7) is 2.56. The molecule has 3 N–H and O–H groups in total. The lowest BCUT2D eigenvalue weighted by Crippen LogP contribution is -2.43. The molecule has 0 bridgehead atoms. The average molecular weight is 411 g/mol. The van der Waals surface area contributed by atoms with Gasteiger partial charge in [-0.15, -0.1) is 0 Å². The lowest BCUT2D eigenvalue weighted by Gasteiger charge is -2.15. The average Bonchev–Trinajstić information content (AvgIpc) is 2.93. The molecule has 6 nitrogen and oxygen atoms in total. The first-order valence-electron chi connectivity index (χ1n) is 8.30. The monoisotopic (exact) mass is 410 g/mol. The Morgan fingerprint density at radius 1 is 1.04 bits per heavy atom. The van der Waals surface area contributed by atoms with Gasteiger partial charge in [0.1, 0.15) is 0 Å². The minimum Gasteiger partial charge on any atom is -0.478 e. The fourth-order valence-corrected chi connectivity index (χ4v) is 2.54. The molecule has 144 valence electrons. The molecular weight excluding hydrogens is 391 g/mol. The van der Waals surface area contributed by atoms with Crippen molar-refractivity contribution in [2.75, 3.05) is 26.3 Å². The van der Waals surface area contributed by atoms with E-state index in [1.807, 2.05) is 12.1 Å². The first-order chi connectivity index (χ1) is 13.0. The highest BCUT2D eigenvalue weighted by molar-refractivity contribution is 6.41. The van der Waals surface area contributed by atoms with E-state index in [1.165, 1.54) is 24.3 Å². The van der Waals surface area contributed by atoms with E-state index in [-0.39, 0.29) is 17.5 Å². The summed E-state index contributed by atoms with van der Waals surface area (Å²) >= 11 is 11.2. The highest BCUT2D eigenvalue weighted by Crippen LogP contribution is 2.19. The zero-order valence-electron chi connectivity index (χ0n) is 14.5. The smallest absolute Gasteiger partial charge is 0.335 e. The van der Waals surface area contributed by atoms with Crippen LogP contribution in [0.1, 0.15) is 20.7 Å². The summed E-state index contributed by atoms with van der Waals surface area (Å²) in [5.41, 5.74) is 0.602. The number of hydrogen-bond donors (Lipinski definition) is 3. The number of ether oxygens (including phenoxy) is 1. The van der Waals surface area contributed by atoms with Crippen molar-refractivity contribution in [2.24, 2.45) is 0 Å². The second-order valence-corrected chi connectivity index (χ2v) is 6.56. The highest BCUT2D eigenvalue weighted by Gasteiger charge is 2.16. The molecule has 2 aromatic carbocycles. The van der Waals surface area contributed by atoms with Crippen LogP contribution in [-0.4, -0.2) is 49.3 Å². The summed E-state index contributed by atoms with van der Waals surface area (Å²) in [5.74, 6) is -1.23. The molecular formula is C19H20Cl2N2O4. The molecule has 0 spiro atoms. The molecule has 1 aliphatic heterocycles. The van der Waals surface area contributed by atoms with Gasteiger partial charge in [-0.05, 0) is 36.4 Å². The van der Waals surface area contributed by atoms with Crippen molar-refractivity contribution in [1.82, 2.24) is 10.6 Å². The molecule has 1 heterocycles. The minimum atomic E-state index is -1.01. The van der Waals surface area contributed by atoms with Crippen LogP contribution in [0, 0.1) is 0 Å². The number of benzene rings is 2. The van der Waals surface area contributed by atoms with Gasteiger partial charge >= 0.3 is 5.97 Å². The zero-order valence-corrected chi connectivity index (χ0v) is 16.0. The Kier molecular flexibility index (Phi) is 8.54. The molecule has 0 aromatic heterocycles.